The molecule has 0 aliphatic heterocycles. The van der Waals surface area contributed by atoms with Crippen LogP contribution in [0, 0.1) is 0 Å². The highest BCUT2D eigenvalue weighted by Gasteiger charge is 2.10. The fourth-order valence-electron chi connectivity index (χ4n) is 1.34. The van der Waals surface area contributed by atoms with Crippen molar-refractivity contribution in [2.45, 2.75) is 26.7 Å². The van der Waals surface area contributed by atoms with E-state index in [2.05, 4.69) is 11.9 Å². The zero-order valence-corrected chi connectivity index (χ0v) is 10.7. The van der Waals surface area contributed by atoms with Crippen LogP contribution in [0.1, 0.15) is 26.7 Å². The topological polar surface area (TPSA) is 58.6 Å². The van der Waals surface area contributed by atoms with Crippen molar-refractivity contribution >= 4 is 12.0 Å². The van der Waals surface area contributed by atoms with E-state index in [9.17, 15) is 9.59 Å². The Hall–Kier alpha value is -1.52. The molecule has 5 heteroatoms. The molecule has 0 fully saturated rings. The molecule has 0 rings (SSSR count). The number of carbonyl (C=O) groups is 2. The van der Waals surface area contributed by atoms with Crippen molar-refractivity contribution in [1.29, 1.82) is 0 Å². The molecule has 0 saturated carbocycles. The van der Waals surface area contributed by atoms with Gasteiger partial charge in [-0.3, -0.25) is 0 Å². The van der Waals surface area contributed by atoms with Crippen molar-refractivity contribution in [3.8, 4) is 0 Å². The zero-order valence-electron chi connectivity index (χ0n) is 10.7. The van der Waals surface area contributed by atoms with E-state index in [0.717, 1.165) is 32.0 Å². The highest BCUT2D eigenvalue weighted by molar-refractivity contribution is 5.81. The summed E-state index contributed by atoms with van der Waals surface area (Å²) in [4.78, 5) is 24.2. The van der Waals surface area contributed by atoms with Gasteiger partial charge in [0.25, 0.3) is 0 Å². The molecule has 0 spiro atoms. The molecule has 0 aromatic rings. The lowest BCUT2D eigenvalue weighted by Crippen LogP contribution is -2.42. The number of nitrogens with zero attached hydrogens (tertiary/aromatic N) is 1. The molecular weight excluding hydrogens is 220 g/mol. The standard InChI is InChI=1S/C12H22N2O3/c1-4-8-14(9-5-2)12(16)13-7-10-17-11(15)6-3/h6H,3-5,7-10H2,1-2H3,(H,13,16). The molecule has 17 heavy (non-hydrogen) atoms. The first-order chi connectivity index (χ1) is 8.15. The summed E-state index contributed by atoms with van der Waals surface area (Å²) >= 11 is 0. The SMILES string of the molecule is C=CC(=O)OCCNC(=O)N(CCC)CCC. The molecule has 98 valence electrons. The van der Waals surface area contributed by atoms with E-state index in [1.54, 1.807) is 4.90 Å². The minimum absolute atomic E-state index is 0.108. The van der Waals surface area contributed by atoms with Gasteiger partial charge in [-0.05, 0) is 12.8 Å². The summed E-state index contributed by atoms with van der Waals surface area (Å²) in [5.41, 5.74) is 0. The third kappa shape index (κ3) is 7.38. The number of rotatable bonds is 8. The number of hydrogen-bond acceptors (Lipinski definition) is 3. The molecule has 0 unspecified atom stereocenters. The van der Waals surface area contributed by atoms with Crippen molar-refractivity contribution in [2.75, 3.05) is 26.2 Å². The Labute approximate surface area is 103 Å². The van der Waals surface area contributed by atoms with Crippen LogP contribution in [0.3, 0.4) is 0 Å². The Balaban J connectivity index is 3.81. The van der Waals surface area contributed by atoms with E-state index in [4.69, 9.17) is 4.74 Å². The van der Waals surface area contributed by atoms with Crippen LogP contribution >= 0.6 is 0 Å². The van der Waals surface area contributed by atoms with Crippen LogP contribution < -0.4 is 5.32 Å². The van der Waals surface area contributed by atoms with Crippen molar-refractivity contribution in [3.63, 3.8) is 0 Å². The second-order valence-electron chi connectivity index (χ2n) is 3.59. The van der Waals surface area contributed by atoms with Gasteiger partial charge >= 0.3 is 12.0 Å². The van der Waals surface area contributed by atoms with Crippen LogP contribution in [-0.4, -0.2) is 43.1 Å². The third-order valence-corrected chi connectivity index (χ3v) is 2.06. The van der Waals surface area contributed by atoms with E-state index < -0.39 is 5.97 Å². The smallest absolute Gasteiger partial charge is 0.330 e. The Morgan fingerprint density at radius 1 is 1.29 bits per heavy atom. The van der Waals surface area contributed by atoms with Gasteiger partial charge in [-0.15, -0.1) is 0 Å². The first-order valence-corrected chi connectivity index (χ1v) is 5.97. The molecule has 1 N–H and O–H groups in total. The van der Waals surface area contributed by atoms with E-state index in [-0.39, 0.29) is 12.6 Å². The summed E-state index contributed by atoms with van der Waals surface area (Å²) in [5.74, 6) is -0.474. The quantitative estimate of drug-likeness (QED) is 0.399. The highest BCUT2D eigenvalue weighted by atomic mass is 16.5. The van der Waals surface area contributed by atoms with E-state index in [1.807, 2.05) is 13.8 Å². The molecular formula is C12H22N2O3. The van der Waals surface area contributed by atoms with Gasteiger partial charge in [-0.2, -0.15) is 0 Å². The average Bonchev–Trinajstić information content (AvgIpc) is 2.33. The predicted molar refractivity (Wildman–Crippen MR) is 66.7 cm³/mol. The van der Waals surface area contributed by atoms with Crippen LogP contribution in [0.15, 0.2) is 12.7 Å². The minimum Gasteiger partial charge on any atom is -0.461 e. The molecule has 5 nitrogen and oxygen atoms in total. The lowest BCUT2D eigenvalue weighted by atomic mass is 10.4. The first-order valence-electron chi connectivity index (χ1n) is 5.97. The minimum atomic E-state index is -0.474. The van der Waals surface area contributed by atoms with Gasteiger partial charge in [0, 0.05) is 19.2 Å². The van der Waals surface area contributed by atoms with Crippen molar-refractivity contribution in [3.05, 3.63) is 12.7 Å². The molecule has 0 atom stereocenters. The van der Waals surface area contributed by atoms with Crippen LogP contribution in [0.5, 0.6) is 0 Å². The maximum atomic E-state index is 11.7. The molecule has 0 aromatic heterocycles. The maximum absolute atomic E-state index is 11.7. The highest BCUT2D eigenvalue weighted by Crippen LogP contribution is 1.94. The zero-order chi connectivity index (χ0) is 13.1. The number of esters is 1. The third-order valence-electron chi connectivity index (χ3n) is 2.06. The van der Waals surface area contributed by atoms with E-state index >= 15 is 0 Å². The number of ether oxygens (including phenoxy) is 1. The average molecular weight is 242 g/mol. The van der Waals surface area contributed by atoms with Crippen molar-refractivity contribution < 1.29 is 14.3 Å². The molecule has 0 radical (unpaired) electrons. The van der Waals surface area contributed by atoms with Crippen LogP contribution in [0.4, 0.5) is 4.79 Å². The number of hydrogen-bond donors (Lipinski definition) is 1. The molecule has 0 aliphatic carbocycles. The van der Waals surface area contributed by atoms with Gasteiger partial charge < -0.3 is 15.0 Å². The number of carbonyl (C=O) groups excluding carboxylic acids is 2. The first kappa shape index (κ1) is 15.5. The normalized spacial score (nSPS) is 9.53. The summed E-state index contributed by atoms with van der Waals surface area (Å²) in [6.07, 6.45) is 2.96. The van der Waals surface area contributed by atoms with Crippen LogP contribution in [-0.2, 0) is 9.53 Å². The molecule has 0 bridgehead atoms. The molecule has 0 saturated heterocycles. The lowest BCUT2D eigenvalue weighted by Gasteiger charge is -2.21. The summed E-state index contributed by atoms with van der Waals surface area (Å²) in [5, 5.41) is 2.71. The van der Waals surface area contributed by atoms with E-state index in [0.29, 0.717) is 6.54 Å². The Kier molecular flexibility index (Phi) is 8.82. The second-order valence-corrected chi connectivity index (χ2v) is 3.59. The van der Waals surface area contributed by atoms with Gasteiger partial charge in [0.05, 0.1) is 6.54 Å². The van der Waals surface area contributed by atoms with Crippen LogP contribution in [0.25, 0.3) is 0 Å². The molecule has 0 aromatic carbocycles. The second kappa shape index (κ2) is 9.69. The predicted octanol–water partition coefficient (Wildman–Crippen LogP) is 1.55. The van der Waals surface area contributed by atoms with Gasteiger partial charge in [-0.1, -0.05) is 20.4 Å². The monoisotopic (exact) mass is 242 g/mol. The van der Waals surface area contributed by atoms with Gasteiger partial charge in [0.15, 0.2) is 0 Å². The van der Waals surface area contributed by atoms with Crippen LogP contribution in [0.2, 0.25) is 0 Å². The summed E-state index contributed by atoms with van der Waals surface area (Å²) < 4.78 is 4.75. The summed E-state index contributed by atoms with van der Waals surface area (Å²) in [7, 11) is 0. The molecule has 0 aliphatic rings. The fourth-order valence-corrected chi connectivity index (χ4v) is 1.34. The van der Waals surface area contributed by atoms with Gasteiger partial charge in [0.1, 0.15) is 6.61 Å². The number of amides is 2. The Morgan fingerprint density at radius 3 is 2.35 bits per heavy atom. The fraction of sp³-hybridized carbons (Fsp3) is 0.667. The lowest BCUT2D eigenvalue weighted by molar-refractivity contribution is -0.137. The van der Waals surface area contributed by atoms with E-state index in [1.165, 1.54) is 0 Å². The number of nitrogens with one attached hydrogen (secondary N) is 1. The largest absolute Gasteiger partial charge is 0.461 e. The number of urea groups is 1. The Bertz CT molecular complexity index is 248. The maximum Gasteiger partial charge on any atom is 0.330 e. The molecule has 2 amide bonds. The van der Waals surface area contributed by atoms with Crippen molar-refractivity contribution in [1.82, 2.24) is 10.2 Å². The van der Waals surface area contributed by atoms with Gasteiger partial charge in [0.2, 0.25) is 0 Å². The van der Waals surface area contributed by atoms with Gasteiger partial charge in [-0.25, -0.2) is 9.59 Å². The summed E-state index contributed by atoms with van der Waals surface area (Å²) in [6, 6.07) is -0.108. The Morgan fingerprint density at radius 2 is 1.88 bits per heavy atom. The summed E-state index contributed by atoms with van der Waals surface area (Å²) in [6.45, 7) is 9.32. The molecule has 0 heterocycles. The van der Waals surface area contributed by atoms with Crippen molar-refractivity contribution in [2.24, 2.45) is 0 Å².